The van der Waals surface area contributed by atoms with Gasteiger partial charge in [-0.1, -0.05) is 66.7 Å². The minimum Gasteiger partial charge on any atom is -0.449 e. The molecule has 1 N–H and O–H groups in total. The molecule has 1 unspecified atom stereocenters. The molecule has 0 aliphatic carbocycles. The number of amides is 1. The fourth-order valence-electron chi connectivity index (χ4n) is 1.08. The van der Waals surface area contributed by atoms with Crippen LogP contribution in [-0.2, 0) is 4.74 Å². The molecular formula is C17H31NO2. The van der Waals surface area contributed by atoms with Crippen LogP contribution in [0, 0.1) is 11.8 Å². The molecule has 0 aliphatic rings. The van der Waals surface area contributed by atoms with Crippen molar-refractivity contribution in [2.24, 2.45) is 11.8 Å². The number of hydrogen-bond donors (Lipinski definition) is 1. The maximum atomic E-state index is 11.4. The molecule has 1 amide bonds. The van der Waals surface area contributed by atoms with Crippen LogP contribution in [0.4, 0.5) is 10.5 Å². The molecule has 0 aliphatic heterocycles. The molecule has 0 saturated heterocycles. The predicted octanol–water partition coefficient (Wildman–Crippen LogP) is 5.58. The van der Waals surface area contributed by atoms with Gasteiger partial charge in [-0.15, -0.1) is 0 Å². The third-order valence-corrected chi connectivity index (χ3v) is 2.64. The van der Waals surface area contributed by atoms with E-state index in [1.54, 1.807) is 0 Å². The fraction of sp³-hybridized carbons (Fsp3) is 0.588. The van der Waals surface area contributed by atoms with Crippen LogP contribution in [0.25, 0.3) is 0 Å². The zero-order valence-electron chi connectivity index (χ0n) is 14.1. The molecule has 1 rings (SSSR count). The van der Waals surface area contributed by atoms with Gasteiger partial charge in [0.25, 0.3) is 0 Å². The van der Waals surface area contributed by atoms with Crippen molar-refractivity contribution >= 4 is 11.8 Å². The van der Waals surface area contributed by atoms with Gasteiger partial charge in [0, 0.05) is 5.69 Å². The number of rotatable bonds is 4. The molecule has 1 aromatic rings. The number of nitrogens with one attached hydrogen (secondary N) is 1. The lowest BCUT2D eigenvalue weighted by atomic mass is 10.00. The first-order valence-corrected chi connectivity index (χ1v) is 7.58. The van der Waals surface area contributed by atoms with Crippen LogP contribution in [-0.4, -0.2) is 12.7 Å². The first-order chi connectivity index (χ1) is 9.59. The second-order valence-corrected chi connectivity index (χ2v) is 4.31. The highest BCUT2D eigenvalue weighted by Crippen LogP contribution is 2.10. The Kier molecular flexibility index (Phi) is 14.5. The van der Waals surface area contributed by atoms with Crippen LogP contribution in [0.5, 0.6) is 0 Å². The molecule has 0 aromatic heterocycles. The van der Waals surface area contributed by atoms with Gasteiger partial charge >= 0.3 is 6.09 Å². The molecule has 0 bridgehead atoms. The maximum absolute atomic E-state index is 11.4. The zero-order chi connectivity index (χ0) is 16.0. The summed E-state index contributed by atoms with van der Waals surface area (Å²) in [4.78, 5) is 11.4. The molecule has 0 fully saturated rings. The quantitative estimate of drug-likeness (QED) is 0.782. The van der Waals surface area contributed by atoms with Crippen LogP contribution >= 0.6 is 0 Å². The van der Waals surface area contributed by atoms with E-state index in [0.717, 1.165) is 5.69 Å². The Bertz CT molecular complexity index is 323. The van der Waals surface area contributed by atoms with Gasteiger partial charge in [-0.05, 0) is 24.0 Å². The first-order valence-electron chi connectivity index (χ1n) is 7.58. The predicted molar refractivity (Wildman–Crippen MR) is 88.1 cm³/mol. The summed E-state index contributed by atoms with van der Waals surface area (Å²) in [6.45, 7) is 14.8. The monoisotopic (exact) mass is 281 g/mol. The van der Waals surface area contributed by atoms with Crippen molar-refractivity contribution in [1.29, 1.82) is 0 Å². The molecule has 1 atom stereocenters. The van der Waals surface area contributed by atoms with Crippen LogP contribution in [0.15, 0.2) is 30.3 Å². The second-order valence-electron chi connectivity index (χ2n) is 4.31. The molecule has 3 heteroatoms. The van der Waals surface area contributed by atoms with Crippen molar-refractivity contribution in [3.8, 4) is 0 Å². The Morgan fingerprint density at radius 1 is 1.05 bits per heavy atom. The molecule has 116 valence electrons. The van der Waals surface area contributed by atoms with Crippen molar-refractivity contribution in [2.75, 3.05) is 11.9 Å². The van der Waals surface area contributed by atoms with Crippen molar-refractivity contribution in [1.82, 2.24) is 0 Å². The summed E-state index contributed by atoms with van der Waals surface area (Å²) < 4.78 is 5.12. The number of anilines is 1. The molecule has 20 heavy (non-hydrogen) atoms. The molecule has 3 nitrogen and oxygen atoms in total. The number of ether oxygens (including phenoxy) is 1. The Morgan fingerprint density at radius 2 is 1.55 bits per heavy atom. The van der Waals surface area contributed by atoms with Gasteiger partial charge in [-0.2, -0.15) is 0 Å². The van der Waals surface area contributed by atoms with E-state index >= 15 is 0 Å². The minimum atomic E-state index is -0.390. The van der Waals surface area contributed by atoms with Crippen LogP contribution < -0.4 is 5.32 Å². The highest BCUT2D eigenvalue weighted by Gasteiger charge is 2.10. The Labute approximate surface area is 124 Å². The van der Waals surface area contributed by atoms with E-state index in [1.165, 1.54) is 0 Å². The lowest BCUT2D eigenvalue weighted by molar-refractivity contribution is 0.133. The van der Waals surface area contributed by atoms with Crippen molar-refractivity contribution in [3.63, 3.8) is 0 Å². The fourth-order valence-corrected chi connectivity index (χ4v) is 1.08. The summed E-state index contributed by atoms with van der Waals surface area (Å²) in [5.74, 6) is 0.894. The van der Waals surface area contributed by atoms with E-state index in [1.807, 2.05) is 58.0 Å². The topological polar surface area (TPSA) is 38.3 Å². The van der Waals surface area contributed by atoms with Gasteiger partial charge in [-0.3, -0.25) is 5.32 Å². The molecular weight excluding hydrogens is 250 g/mol. The summed E-state index contributed by atoms with van der Waals surface area (Å²) in [6, 6.07) is 9.29. The van der Waals surface area contributed by atoms with Crippen LogP contribution in [0.3, 0.4) is 0 Å². The van der Waals surface area contributed by atoms with Gasteiger partial charge in [-0.25, -0.2) is 4.79 Å². The molecule has 1 aromatic carbocycles. The Hall–Kier alpha value is -1.51. The lowest BCUT2D eigenvalue weighted by Crippen LogP contribution is -2.19. The minimum absolute atomic E-state index is 0.376. The van der Waals surface area contributed by atoms with E-state index in [4.69, 9.17) is 4.74 Å². The lowest BCUT2D eigenvalue weighted by Gasteiger charge is -2.15. The number of carbonyl (C=O) groups excluding carboxylic acids is 1. The normalized spacial score (nSPS) is 10.4. The molecule has 0 radical (unpaired) electrons. The highest BCUT2D eigenvalue weighted by atomic mass is 16.5. The number of benzene rings is 1. The second kappa shape index (κ2) is 13.9. The molecule has 0 spiro atoms. The average molecular weight is 281 g/mol. The van der Waals surface area contributed by atoms with E-state index in [2.05, 4.69) is 26.1 Å². The molecule has 0 heterocycles. The largest absolute Gasteiger partial charge is 0.449 e. The standard InChI is InChI=1S/C13H19NO2.2C2H6/c1-10(2)11(3)9-16-13(15)14-12-7-5-4-6-8-12;2*1-2/h4-8,10-11H,9H2,1-3H3,(H,14,15);2*1-2H3. The third-order valence-electron chi connectivity index (χ3n) is 2.64. The summed E-state index contributed by atoms with van der Waals surface area (Å²) in [6.07, 6.45) is -0.390. The maximum Gasteiger partial charge on any atom is 0.411 e. The Balaban J connectivity index is 0. The SMILES string of the molecule is CC.CC.CC(C)C(C)COC(=O)Nc1ccccc1. The van der Waals surface area contributed by atoms with Crippen molar-refractivity contribution in [3.05, 3.63) is 30.3 Å². The smallest absolute Gasteiger partial charge is 0.411 e. The van der Waals surface area contributed by atoms with Gasteiger partial charge in [0.05, 0.1) is 6.61 Å². The van der Waals surface area contributed by atoms with E-state index in [9.17, 15) is 4.79 Å². The number of carbonyl (C=O) groups is 1. The number of hydrogen-bond acceptors (Lipinski definition) is 2. The first kappa shape index (κ1) is 20.8. The summed E-state index contributed by atoms with van der Waals surface area (Å²) in [5, 5.41) is 2.68. The highest BCUT2D eigenvalue weighted by molar-refractivity contribution is 5.84. The van der Waals surface area contributed by atoms with Crippen molar-refractivity contribution < 1.29 is 9.53 Å². The van der Waals surface area contributed by atoms with Gasteiger partial charge < -0.3 is 4.74 Å². The van der Waals surface area contributed by atoms with E-state index in [0.29, 0.717) is 18.4 Å². The van der Waals surface area contributed by atoms with Gasteiger partial charge in [0.2, 0.25) is 0 Å². The number of para-hydroxylation sites is 1. The van der Waals surface area contributed by atoms with E-state index in [-0.39, 0.29) is 0 Å². The summed E-state index contributed by atoms with van der Waals surface area (Å²) in [5.41, 5.74) is 0.754. The van der Waals surface area contributed by atoms with Crippen molar-refractivity contribution in [2.45, 2.75) is 48.5 Å². The zero-order valence-corrected chi connectivity index (χ0v) is 14.1. The van der Waals surface area contributed by atoms with E-state index < -0.39 is 6.09 Å². The van der Waals surface area contributed by atoms with Crippen LogP contribution in [0.1, 0.15) is 48.5 Å². The molecule has 0 saturated carbocycles. The summed E-state index contributed by atoms with van der Waals surface area (Å²) in [7, 11) is 0. The van der Waals surface area contributed by atoms with Crippen LogP contribution in [0.2, 0.25) is 0 Å². The summed E-state index contributed by atoms with van der Waals surface area (Å²) >= 11 is 0. The average Bonchev–Trinajstić information content (AvgIpc) is 2.49. The van der Waals surface area contributed by atoms with Gasteiger partial charge in [0.1, 0.15) is 0 Å². The Morgan fingerprint density at radius 3 is 2.00 bits per heavy atom. The third kappa shape index (κ3) is 10.4. The van der Waals surface area contributed by atoms with Gasteiger partial charge in [0.15, 0.2) is 0 Å².